The van der Waals surface area contributed by atoms with E-state index in [1.165, 1.54) is 29.0 Å². The van der Waals surface area contributed by atoms with Crippen LogP contribution in [-0.4, -0.2) is 16.4 Å². The van der Waals surface area contributed by atoms with Crippen LogP contribution in [0.3, 0.4) is 0 Å². The molecule has 1 fully saturated rings. The standard InChI is InChI=1S/C18H18N2OS/c1-2-7-16-13(6-1)15-12-14(17-8-5-11-22-17)19-20(15)18(21-16)9-3-4-10-18/h1-2,5-8,11,15H,3-4,9-10,12H2. The van der Waals surface area contributed by atoms with E-state index in [-0.39, 0.29) is 5.72 Å². The largest absolute Gasteiger partial charge is 0.466 e. The van der Waals surface area contributed by atoms with E-state index in [2.05, 4.69) is 46.8 Å². The highest BCUT2D eigenvalue weighted by Gasteiger charge is 2.51. The van der Waals surface area contributed by atoms with Crippen LogP contribution in [0.15, 0.2) is 46.9 Å². The molecule has 1 atom stereocenters. The van der Waals surface area contributed by atoms with Crippen molar-refractivity contribution in [3.8, 4) is 5.75 Å². The lowest BCUT2D eigenvalue weighted by Gasteiger charge is -2.45. The van der Waals surface area contributed by atoms with Gasteiger partial charge in [0.2, 0.25) is 0 Å². The van der Waals surface area contributed by atoms with Gasteiger partial charge in [0.05, 0.1) is 16.6 Å². The molecule has 0 bridgehead atoms. The molecule has 1 aliphatic carbocycles. The van der Waals surface area contributed by atoms with E-state index in [0.29, 0.717) is 6.04 Å². The first-order valence-corrected chi connectivity index (χ1v) is 8.92. The zero-order valence-electron chi connectivity index (χ0n) is 12.4. The summed E-state index contributed by atoms with van der Waals surface area (Å²) in [5, 5.41) is 9.44. The summed E-state index contributed by atoms with van der Waals surface area (Å²) in [6.07, 6.45) is 5.62. The summed E-state index contributed by atoms with van der Waals surface area (Å²) in [6.45, 7) is 0. The van der Waals surface area contributed by atoms with Gasteiger partial charge in [0.1, 0.15) is 5.75 Å². The second kappa shape index (κ2) is 4.59. The van der Waals surface area contributed by atoms with Crippen LogP contribution in [0.4, 0.5) is 0 Å². The zero-order valence-corrected chi connectivity index (χ0v) is 13.2. The molecule has 1 spiro atoms. The van der Waals surface area contributed by atoms with Crippen molar-refractivity contribution < 1.29 is 4.74 Å². The highest BCUT2D eigenvalue weighted by Crippen LogP contribution is 2.51. The maximum atomic E-state index is 6.48. The fourth-order valence-electron chi connectivity index (χ4n) is 4.08. The molecule has 1 aromatic carbocycles. The van der Waals surface area contributed by atoms with Gasteiger partial charge in [0, 0.05) is 24.8 Å². The van der Waals surface area contributed by atoms with Crippen molar-refractivity contribution in [2.24, 2.45) is 5.10 Å². The number of nitrogens with zero attached hydrogens (tertiary/aromatic N) is 2. The van der Waals surface area contributed by atoms with Crippen LogP contribution < -0.4 is 4.74 Å². The number of hydrazone groups is 1. The third-order valence-corrected chi connectivity index (χ3v) is 6.02. The zero-order chi connectivity index (χ0) is 14.6. The van der Waals surface area contributed by atoms with E-state index in [9.17, 15) is 0 Å². The number of hydrogen-bond donors (Lipinski definition) is 0. The number of thiophene rings is 1. The Hall–Kier alpha value is -1.81. The van der Waals surface area contributed by atoms with Crippen LogP contribution in [0.1, 0.15) is 48.6 Å². The SMILES string of the molecule is c1csc(C2=NN3C(C2)c2ccccc2OC32CCCC2)c1. The van der Waals surface area contributed by atoms with E-state index < -0.39 is 0 Å². The van der Waals surface area contributed by atoms with E-state index in [1.54, 1.807) is 11.3 Å². The number of para-hydroxylation sites is 1. The Balaban J connectivity index is 1.63. The molecule has 1 aromatic heterocycles. The van der Waals surface area contributed by atoms with Crippen LogP contribution in [0.25, 0.3) is 0 Å². The lowest BCUT2D eigenvalue weighted by molar-refractivity contribution is -0.114. The summed E-state index contributed by atoms with van der Waals surface area (Å²) in [4.78, 5) is 1.29. The van der Waals surface area contributed by atoms with Crippen molar-refractivity contribution in [2.45, 2.75) is 43.9 Å². The fourth-order valence-corrected chi connectivity index (χ4v) is 4.80. The van der Waals surface area contributed by atoms with Crippen LogP contribution in [0.5, 0.6) is 5.75 Å². The van der Waals surface area contributed by atoms with Crippen LogP contribution in [-0.2, 0) is 0 Å². The first kappa shape index (κ1) is 12.7. The normalized spacial score (nSPS) is 24.8. The molecule has 5 rings (SSSR count). The van der Waals surface area contributed by atoms with E-state index in [4.69, 9.17) is 9.84 Å². The van der Waals surface area contributed by atoms with Crippen molar-refractivity contribution >= 4 is 17.0 Å². The van der Waals surface area contributed by atoms with Crippen molar-refractivity contribution in [1.82, 2.24) is 5.01 Å². The fraction of sp³-hybridized carbons (Fsp3) is 0.389. The van der Waals surface area contributed by atoms with Crippen molar-refractivity contribution in [3.63, 3.8) is 0 Å². The van der Waals surface area contributed by atoms with Gasteiger partial charge in [-0.3, -0.25) is 0 Å². The number of fused-ring (bicyclic) bond motifs is 4. The second-order valence-corrected chi connectivity index (χ2v) is 7.33. The highest BCUT2D eigenvalue weighted by atomic mass is 32.1. The van der Waals surface area contributed by atoms with Gasteiger partial charge in [0.25, 0.3) is 0 Å². The Bertz CT molecular complexity index is 731. The summed E-state index contributed by atoms with van der Waals surface area (Å²) in [6, 6.07) is 13.1. The first-order valence-electron chi connectivity index (χ1n) is 8.04. The Morgan fingerprint density at radius 1 is 1.14 bits per heavy atom. The van der Waals surface area contributed by atoms with Gasteiger partial charge < -0.3 is 4.74 Å². The molecule has 0 N–H and O–H groups in total. The smallest absolute Gasteiger partial charge is 0.198 e. The van der Waals surface area contributed by atoms with E-state index >= 15 is 0 Å². The van der Waals surface area contributed by atoms with Crippen molar-refractivity contribution in [2.75, 3.05) is 0 Å². The van der Waals surface area contributed by atoms with Gasteiger partial charge in [0.15, 0.2) is 5.72 Å². The highest BCUT2D eigenvalue weighted by molar-refractivity contribution is 7.12. The molecule has 22 heavy (non-hydrogen) atoms. The molecule has 4 heteroatoms. The first-order chi connectivity index (χ1) is 10.9. The Kier molecular flexibility index (Phi) is 2.65. The van der Waals surface area contributed by atoms with Gasteiger partial charge in [-0.1, -0.05) is 24.3 Å². The van der Waals surface area contributed by atoms with Gasteiger partial charge in [-0.15, -0.1) is 11.3 Å². The minimum absolute atomic E-state index is 0.210. The maximum absolute atomic E-state index is 6.48. The van der Waals surface area contributed by atoms with Gasteiger partial charge >= 0.3 is 0 Å². The third kappa shape index (κ3) is 1.70. The molecule has 2 aromatic rings. The summed E-state index contributed by atoms with van der Waals surface area (Å²) >= 11 is 1.78. The lowest BCUT2D eigenvalue weighted by Crippen LogP contribution is -2.51. The quantitative estimate of drug-likeness (QED) is 0.771. The predicted octanol–water partition coefficient (Wildman–Crippen LogP) is 4.56. The molecular weight excluding hydrogens is 292 g/mol. The number of ether oxygens (including phenoxy) is 1. The molecule has 0 saturated heterocycles. The minimum Gasteiger partial charge on any atom is -0.466 e. The Morgan fingerprint density at radius 3 is 2.82 bits per heavy atom. The predicted molar refractivity (Wildman–Crippen MR) is 88.3 cm³/mol. The molecule has 3 heterocycles. The Morgan fingerprint density at radius 2 is 2.00 bits per heavy atom. The maximum Gasteiger partial charge on any atom is 0.198 e. The van der Waals surface area contributed by atoms with Gasteiger partial charge in [-0.05, 0) is 30.4 Å². The van der Waals surface area contributed by atoms with Crippen LogP contribution >= 0.6 is 11.3 Å². The monoisotopic (exact) mass is 310 g/mol. The van der Waals surface area contributed by atoms with Crippen LogP contribution in [0, 0.1) is 0 Å². The summed E-state index contributed by atoms with van der Waals surface area (Å²) in [5.41, 5.74) is 2.29. The number of hydrogen-bond acceptors (Lipinski definition) is 4. The second-order valence-electron chi connectivity index (χ2n) is 6.38. The topological polar surface area (TPSA) is 24.8 Å². The van der Waals surface area contributed by atoms with Crippen LogP contribution in [0.2, 0.25) is 0 Å². The third-order valence-electron chi connectivity index (χ3n) is 5.10. The number of benzene rings is 1. The molecule has 3 nitrogen and oxygen atoms in total. The molecular formula is C18H18N2OS. The molecule has 1 saturated carbocycles. The summed E-state index contributed by atoms with van der Waals surface area (Å²) in [5.74, 6) is 1.06. The molecule has 0 radical (unpaired) electrons. The minimum atomic E-state index is -0.210. The van der Waals surface area contributed by atoms with Crippen molar-refractivity contribution in [1.29, 1.82) is 0 Å². The molecule has 112 valence electrons. The molecule has 0 amide bonds. The number of rotatable bonds is 1. The lowest BCUT2D eigenvalue weighted by atomic mass is 9.95. The average molecular weight is 310 g/mol. The molecule has 3 aliphatic rings. The van der Waals surface area contributed by atoms with Gasteiger partial charge in [-0.25, -0.2) is 5.01 Å². The van der Waals surface area contributed by atoms with E-state index in [0.717, 1.165) is 25.0 Å². The van der Waals surface area contributed by atoms with Crippen molar-refractivity contribution in [3.05, 3.63) is 52.2 Å². The van der Waals surface area contributed by atoms with Gasteiger partial charge in [-0.2, -0.15) is 5.10 Å². The molecule has 2 aliphatic heterocycles. The summed E-state index contributed by atoms with van der Waals surface area (Å²) < 4.78 is 6.48. The average Bonchev–Trinajstić information content (AvgIpc) is 3.28. The van der Waals surface area contributed by atoms with E-state index in [1.807, 2.05) is 0 Å². The summed E-state index contributed by atoms with van der Waals surface area (Å²) in [7, 11) is 0. The Labute approximate surface area is 134 Å². The molecule has 1 unspecified atom stereocenters.